The first-order valence-electron chi connectivity index (χ1n) is 8.90. The molecule has 0 atom stereocenters. The highest BCUT2D eigenvalue weighted by Gasteiger charge is 2.30. The van der Waals surface area contributed by atoms with E-state index in [-0.39, 0.29) is 5.97 Å². The lowest BCUT2D eigenvalue weighted by atomic mass is 10.1. The van der Waals surface area contributed by atoms with Gasteiger partial charge in [0.15, 0.2) is 0 Å². The maximum atomic E-state index is 11.6. The monoisotopic (exact) mass is 444 g/mol. The number of phenolic OH excluding ortho intramolecular Hbond substituents is 1. The normalized spacial score (nSPS) is 10.1. The second-order valence-corrected chi connectivity index (χ2v) is 6.14. The molecule has 3 rings (SSSR count). The van der Waals surface area contributed by atoms with Crippen LogP contribution < -0.4 is 0 Å². The number of aromatic hydroxyl groups is 1. The molecule has 0 aliphatic heterocycles. The van der Waals surface area contributed by atoms with Gasteiger partial charge in [-0.15, -0.1) is 0 Å². The van der Waals surface area contributed by atoms with Crippen LogP contribution in [0, 0.1) is 37.3 Å². The average molecular weight is 444 g/mol. The number of non-ortho nitro benzene ring substituents is 1. The Balaban J connectivity index is 0.000000227. The summed E-state index contributed by atoms with van der Waals surface area (Å²) in [6.45, 7) is 3.99. The summed E-state index contributed by atoms with van der Waals surface area (Å²) < 4.78 is 4.98. The maximum Gasteiger partial charge on any atom is 0.339 e. The van der Waals surface area contributed by atoms with Crippen molar-refractivity contribution in [3.63, 3.8) is 0 Å². The van der Waals surface area contributed by atoms with Crippen molar-refractivity contribution in [3.8, 4) is 5.75 Å². The molecule has 1 heterocycles. The van der Waals surface area contributed by atoms with Gasteiger partial charge in [0, 0.05) is 5.39 Å². The number of nitro benzene ring substituents is 3. The number of carbonyl (C=O) groups excluding carboxylic acids is 1. The van der Waals surface area contributed by atoms with Crippen molar-refractivity contribution in [2.24, 2.45) is 0 Å². The molecule has 32 heavy (non-hydrogen) atoms. The summed E-state index contributed by atoms with van der Waals surface area (Å²) in [6, 6.07) is 10.4. The fraction of sp³-hybridized carbons (Fsp3) is 0.158. The second kappa shape index (κ2) is 9.88. The molecule has 1 aromatic heterocycles. The number of carbonyl (C=O) groups is 1. The lowest BCUT2D eigenvalue weighted by Gasteiger charge is -2.06. The van der Waals surface area contributed by atoms with E-state index < -0.39 is 37.6 Å². The highest BCUT2D eigenvalue weighted by atomic mass is 16.6. The summed E-state index contributed by atoms with van der Waals surface area (Å²) in [7, 11) is 0. The van der Waals surface area contributed by atoms with Crippen molar-refractivity contribution in [3.05, 3.63) is 84.1 Å². The summed E-state index contributed by atoms with van der Waals surface area (Å²) in [6.07, 6.45) is 0. The molecule has 0 radical (unpaired) electrons. The number of hydrogen-bond donors (Lipinski definition) is 1. The molecular formula is C19H16N4O9. The quantitative estimate of drug-likeness (QED) is 0.344. The third kappa shape index (κ3) is 5.27. The third-order valence-corrected chi connectivity index (χ3v) is 4.07. The Morgan fingerprint density at radius 1 is 1.00 bits per heavy atom. The zero-order chi connectivity index (χ0) is 24.0. The van der Waals surface area contributed by atoms with Gasteiger partial charge in [0.2, 0.25) is 0 Å². The number of nitro groups is 3. The van der Waals surface area contributed by atoms with E-state index in [2.05, 4.69) is 4.98 Å². The Morgan fingerprint density at radius 2 is 1.56 bits per heavy atom. The van der Waals surface area contributed by atoms with Crippen LogP contribution in [0.3, 0.4) is 0 Å². The number of phenols is 1. The summed E-state index contributed by atoms with van der Waals surface area (Å²) in [4.78, 5) is 43.8. The number of rotatable bonds is 5. The summed E-state index contributed by atoms with van der Waals surface area (Å²) >= 11 is 0. The molecule has 3 aromatic rings. The van der Waals surface area contributed by atoms with Gasteiger partial charge in [-0.2, -0.15) is 0 Å². The molecule has 0 unspecified atom stereocenters. The number of nitrogens with zero attached hydrogens (tertiary/aromatic N) is 4. The molecule has 2 aromatic carbocycles. The van der Waals surface area contributed by atoms with Gasteiger partial charge < -0.3 is 9.84 Å². The van der Waals surface area contributed by atoms with E-state index in [0.29, 0.717) is 30.0 Å². The number of para-hydroxylation sites is 1. The van der Waals surface area contributed by atoms with Gasteiger partial charge >= 0.3 is 17.3 Å². The highest BCUT2D eigenvalue weighted by Crippen LogP contribution is 2.38. The van der Waals surface area contributed by atoms with Crippen molar-refractivity contribution < 1.29 is 29.4 Å². The molecule has 0 fully saturated rings. The Bertz CT molecular complexity index is 1190. The van der Waals surface area contributed by atoms with Crippen LogP contribution in [0.4, 0.5) is 17.1 Å². The standard InChI is InChI=1S/C13H13NO2.C6H3N3O7/c1-3-16-13(15)11-8-10-6-4-5-7-12(10)14-9(11)2;10-6-4(8(13)14)1-3(7(11)12)2-5(6)9(15)16/h4-8H,3H2,1-2H3;1-2,10H. The van der Waals surface area contributed by atoms with Crippen LogP contribution in [0.5, 0.6) is 5.75 Å². The number of benzene rings is 2. The maximum absolute atomic E-state index is 11.6. The summed E-state index contributed by atoms with van der Waals surface area (Å²) in [5, 5.41) is 41.2. The van der Waals surface area contributed by atoms with E-state index in [1.54, 1.807) is 6.92 Å². The van der Waals surface area contributed by atoms with Gasteiger partial charge in [-0.1, -0.05) is 18.2 Å². The number of fused-ring (bicyclic) bond motifs is 1. The lowest BCUT2D eigenvalue weighted by Crippen LogP contribution is -2.07. The molecule has 0 saturated carbocycles. The van der Waals surface area contributed by atoms with Gasteiger partial charge in [0.05, 0.1) is 50.3 Å². The average Bonchev–Trinajstić information content (AvgIpc) is 2.73. The number of esters is 1. The van der Waals surface area contributed by atoms with Gasteiger partial charge in [0.1, 0.15) is 0 Å². The van der Waals surface area contributed by atoms with Crippen LogP contribution in [0.25, 0.3) is 10.9 Å². The molecule has 1 N–H and O–H groups in total. The highest BCUT2D eigenvalue weighted by molar-refractivity contribution is 5.95. The lowest BCUT2D eigenvalue weighted by molar-refractivity contribution is -0.404. The molecule has 0 bridgehead atoms. The largest absolute Gasteiger partial charge is 0.497 e. The SMILES string of the molecule is CCOC(=O)c1cc2ccccc2nc1C.O=[N+]([O-])c1cc([N+](=O)[O-])c(O)c([N+](=O)[O-])c1. The fourth-order valence-corrected chi connectivity index (χ4v) is 2.60. The summed E-state index contributed by atoms with van der Waals surface area (Å²) in [5.74, 6) is -1.51. The van der Waals surface area contributed by atoms with Crippen LogP contribution in [0.1, 0.15) is 23.0 Å². The number of pyridine rings is 1. The Morgan fingerprint density at radius 3 is 2.06 bits per heavy atom. The molecule has 0 spiro atoms. The van der Waals surface area contributed by atoms with E-state index in [1.807, 2.05) is 37.3 Å². The van der Waals surface area contributed by atoms with Crippen LogP contribution >= 0.6 is 0 Å². The molecule has 0 aliphatic carbocycles. The van der Waals surface area contributed by atoms with Crippen molar-refractivity contribution in [2.45, 2.75) is 13.8 Å². The van der Waals surface area contributed by atoms with Crippen LogP contribution in [-0.2, 0) is 4.74 Å². The zero-order valence-corrected chi connectivity index (χ0v) is 16.8. The third-order valence-electron chi connectivity index (χ3n) is 4.07. The number of ether oxygens (including phenoxy) is 1. The van der Waals surface area contributed by atoms with Crippen molar-refractivity contribution >= 4 is 33.9 Å². The second-order valence-electron chi connectivity index (χ2n) is 6.14. The van der Waals surface area contributed by atoms with Crippen LogP contribution in [-0.4, -0.2) is 37.4 Å². The van der Waals surface area contributed by atoms with Gasteiger partial charge in [0.25, 0.3) is 11.4 Å². The Hall–Kier alpha value is -4.68. The van der Waals surface area contributed by atoms with Gasteiger partial charge in [-0.05, 0) is 26.0 Å². The minimum absolute atomic E-state index is 0.307. The topological polar surface area (TPSA) is 189 Å². The first-order chi connectivity index (χ1) is 15.1. The fourth-order valence-electron chi connectivity index (χ4n) is 2.60. The van der Waals surface area contributed by atoms with Crippen LogP contribution in [0.2, 0.25) is 0 Å². The summed E-state index contributed by atoms with van der Waals surface area (Å²) in [5.41, 5.74) is -0.858. The van der Waals surface area contributed by atoms with E-state index >= 15 is 0 Å². The molecule has 0 saturated heterocycles. The molecule has 13 heteroatoms. The van der Waals surface area contributed by atoms with E-state index in [4.69, 9.17) is 9.84 Å². The molecular weight excluding hydrogens is 428 g/mol. The van der Waals surface area contributed by atoms with E-state index in [9.17, 15) is 35.1 Å². The Kier molecular flexibility index (Phi) is 7.29. The number of hydrogen-bond acceptors (Lipinski definition) is 10. The minimum atomic E-state index is -1.21. The molecule has 0 aliphatic rings. The van der Waals surface area contributed by atoms with Crippen molar-refractivity contribution in [1.29, 1.82) is 0 Å². The van der Waals surface area contributed by atoms with E-state index in [1.165, 1.54) is 0 Å². The molecule has 0 amide bonds. The number of aromatic nitrogens is 1. The number of aryl methyl sites for hydroxylation is 1. The van der Waals surface area contributed by atoms with Crippen LogP contribution in [0.15, 0.2) is 42.5 Å². The smallest absolute Gasteiger partial charge is 0.339 e. The molecule has 13 nitrogen and oxygen atoms in total. The predicted octanol–water partition coefficient (Wildman–Crippen LogP) is 3.84. The molecule has 166 valence electrons. The minimum Gasteiger partial charge on any atom is -0.497 e. The first-order valence-corrected chi connectivity index (χ1v) is 8.90. The van der Waals surface area contributed by atoms with E-state index in [0.717, 1.165) is 10.9 Å². The predicted molar refractivity (Wildman–Crippen MR) is 111 cm³/mol. The first kappa shape index (κ1) is 23.6. The Labute approximate surface area is 179 Å². The van der Waals surface area contributed by atoms with Gasteiger partial charge in [-0.25, -0.2) is 4.79 Å². The van der Waals surface area contributed by atoms with Crippen molar-refractivity contribution in [1.82, 2.24) is 4.98 Å². The van der Waals surface area contributed by atoms with Crippen molar-refractivity contribution in [2.75, 3.05) is 6.61 Å². The van der Waals surface area contributed by atoms with Gasteiger partial charge in [-0.3, -0.25) is 35.3 Å². The zero-order valence-electron chi connectivity index (χ0n) is 16.8.